The zero-order valence-corrected chi connectivity index (χ0v) is 19.8. The number of cyclic esters (lactones) is 1. The summed E-state index contributed by atoms with van der Waals surface area (Å²) in [5, 5.41) is 2.56. The predicted molar refractivity (Wildman–Crippen MR) is 119 cm³/mol. The van der Waals surface area contributed by atoms with Crippen molar-refractivity contribution in [3.63, 3.8) is 0 Å². The van der Waals surface area contributed by atoms with Gasteiger partial charge >= 0.3 is 12.1 Å². The van der Waals surface area contributed by atoms with Gasteiger partial charge < -0.3 is 29.0 Å². The first-order valence-electron chi connectivity index (χ1n) is 11.1. The monoisotopic (exact) mass is 451 g/mol. The first-order valence-corrected chi connectivity index (χ1v) is 11.1. The summed E-state index contributed by atoms with van der Waals surface area (Å²) in [6, 6.07) is 9.10. The van der Waals surface area contributed by atoms with E-state index in [1.54, 1.807) is 27.9 Å². The van der Waals surface area contributed by atoms with Crippen LogP contribution in [0.2, 0.25) is 0 Å². The standard InChI is InChI=1S/C24H37NO7/c1-17-21(30-13-9-12-28-5)19(14-18-10-7-6-8-11-18)15-29-16-20(22(26)31-17)25-23(27)32-24(2,3)4/h6-8,10-11,17,19-21H,9,12-16H2,1-5H3,(H,25,27)/t17-,19-,20-,21-/m0/s1. The van der Waals surface area contributed by atoms with Crippen LogP contribution < -0.4 is 5.32 Å². The molecule has 180 valence electrons. The number of benzene rings is 1. The lowest BCUT2D eigenvalue weighted by atomic mass is 9.91. The number of methoxy groups -OCH3 is 1. The first-order chi connectivity index (χ1) is 15.2. The molecule has 1 heterocycles. The van der Waals surface area contributed by atoms with E-state index < -0.39 is 29.8 Å². The predicted octanol–water partition coefficient (Wildman–Crippen LogP) is 3.12. The molecule has 0 spiro atoms. The Bertz CT molecular complexity index is 704. The molecule has 1 aliphatic rings. The van der Waals surface area contributed by atoms with E-state index >= 15 is 0 Å². The van der Waals surface area contributed by atoms with E-state index in [0.717, 1.165) is 12.0 Å². The summed E-state index contributed by atoms with van der Waals surface area (Å²) in [4.78, 5) is 24.9. The third kappa shape index (κ3) is 9.14. The van der Waals surface area contributed by atoms with Crippen LogP contribution in [-0.2, 0) is 34.9 Å². The number of carbonyl (C=O) groups excluding carboxylic acids is 2. The van der Waals surface area contributed by atoms with Crippen LogP contribution in [0.3, 0.4) is 0 Å². The summed E-state index contributed by atoms with van der Waals surface area (Å²) in [7, 11) is 1.65. The molecule has 1 N–H and O–H groups in total. The highest BCUT2D eigenvalue weighted by atomic mass is 16.6. The van der Waals surface area contributed by atoms with Crippen LogP contribution in [0.25, 0.3) is 0 Å². The molecule has 2 rings (SSSR count). The number of carbonyl (C=O) groups is 2. The van der Waals surface area contributed by atoms with Crippen molar-refractivity contribution in [2.45, 2.75) is 64.4 Å². The molecule has 0 bridgehead atoms. The van der Waals surface area contributed by atoms with Gasteiger partial charge in [-0.15, -0.1) is 0 Å². The fourth-order valence-corrected chi connectivity index (χ4v) is 3.55. The smallest absolute Gasteiger partial charge is 0.408 e. The van der Waals surface area contributed by atoms with Crippen LogP contribution in [-0.4, -0.2) is 69.5 Å². The Morgan fingerprint density at radius 1 is 1.16 bits per heavy atom. The molecule has 0 saturated carbocycles. The summed E-state index contributed by atoms with van der Waals surface area (Å²) in [5.74, 6) is -0.614. The molecule has 1 saturated heterocycles. The van der Waals surface area contributed by atoms with Crippen LogP contribution >= 0.6 is 0 Å². The van der Waals surface area contributed by atoms with E-state index in [9.17, 15) is 9.59 Å². The van der Waals surface area contributed by atoms with Crippen LogP contribution in [0.15, 0.2) is 30.3 Å². The van der Waals surface area contributed by atoms with Crippen molar-refractivity contribution in [3.8, 4) is 0 Å². The summed E-state index contributed by atoms with van der Waals surface area (Å²) >= 11 is 0. The molecule has 4 atom stereocenters. The highest BCUT2D eigenvalue weighted by molar-refractivity contribution is 5.81. The van der Waals surface area contributed by atoms with Gasteiger partial charge in [-0.05, 0) is 46.1 Å². The number of rotatable bonds is 8. The molecule has 0 radical (unpaired) electrons. The van der Waals surface area contributed by atoms with Gasteiger partial charge in [0.2, 0.25) is 0 Å². The van der Waals surface area contributed by atoms with Gasteiger partial charge in [0.25, 0.3) is 0 Å². The third-order valence-corrected chi connectivity index (χ3v) is 4.97. The molecule has 0 aromatic heterocycles. The second kappa shape index (κ2) is 12.8. The second-order valence-electron chi connectivity index (χ2n) is 9.01. The van der Waals surface area contributed by atoms with Crippen LogP contribution in [0.4, 0.5) is 4.79 Å². The normalized spacial score (nSPS) is 24.6. The zero-order chi connectivity index (χ0) is 23.6. The Balaban J connectivity index is 2.12. The van der Waals surface area contributed by atoms with Gasteiger partial charge in [0, 0.05) is 26.2 Å². The first kappa shape index (κ1) is 26.1. The SMILES string of the molecule is COCCCO[C@@H]1[C@@H](Cc2ccccc2)COC[C@H](NC(=O)OC(C)(C)C)C(=O)O[C@H]1C. The van der Waals surface area contributed by atoms with Crippen molar-refractivity contribution >= 4 is 12.1 Å². The number of nitrogens with one attached hydrogen (secondary N) is 1. The number of hydrogen-bond donors (Lipinski definition) is 1. The van der Waals surface area contributed by atoms with Crippen molar-refractivity contribution in [1.29, 1.82) is 0 Å². The maximum absolute atomic E-state index is 12.8. The molecule has 0 aliphatic carbocycles. The van der Waals surface area contributed by atoms with E-state index in [1.807, 2.05) is 25.1 Å². The van der Waals surface area contributed by atoms with Gasteiger partial charge in [0.15, 0.2) is 6.04 Å². The van der Waals surface area contributed by atoms with E-state index in [0.29, 0.717) is 26.2 Å². The summed E-state index contributed by atoms with van der Waals surface area (Å²) < 4.78 is 28.1. The van der Waals surface area contributed by atoms with Gasteiger partial charge in [-0.2, -0.15) is 0 Å². The minimum absolute atomic E-state index is 0.00746. The zero-order valence-electron chi connectivity index (χ0n) is 19.8. The lowest BCUT2D eigenvalue weighted by Gasteiger charge is -2.31. The van der Waals surface area contributed by atoms with Crippen molar-refractivity contribution in [2.75, 3.05) is 33.5 Å². The van der Waals surface area contributed by atoms with Crippen LogP contribution in [0.5, 0.6) is 0 Å². The van der Waals surface area contributed by atoms with E-state index in [2.05, 4.69) is 17.4 Å². The Morgan fingerprint density at radius 3 is 2.53 bits per heavy atom. The average molecular weight is 452 g/mol. The fraction of sp³-hybridized carbons (Fsp3) is 0.667. The minimum Gasteiger partial charge on any atom is -0.458 e. The van der Waals surface area contributed by atoms with Crippen LogP contribution in [0.1, 0.15) is 39.7 Å². The summed E-state index contributed by atoms with van der Waals surface area (Å²) in [5.41, 5.74) is 0.468. The molecule has 1 aliphatic heterocycles. The Labute approximate surface area is 190 Å². The number of ether oxygens (including phenoxy) is 5. The second-order valence-corrected chi connectivity index (χ2v) is 9.01. The Hall–Kier alpha value is -2.16. The van der Waals surface area contributed by atoms with Crippen molar-refractivity contribution in [1.82, 2.24) is 5.32 Å². The molecule has 32 heavy (non-hydrogen) atoms. The Kier molecular flexibility index (Phi) is 10.4. The van der Waals surface area contributed by atoms with Gasteiger partial charge in [0.05, 0.1) is 19.3 Å². The topological polar surface area (TPSA) is 92.3 Å². The molecule has 8 nitrogen and oxygen atoms in total. The van der Waals surface area contributed by atoms with Gasteiger partial charge in [-0.3, -0.25) is 0 Å². The van der Waals surface area contributed by atoms with Gasteiger partial charge in [-0.25, -0.2) is 9.59 Å². The summed E-state index contributed by atoms with van der Waals surface area (Å²) in [6.45, 7) is 8.50. The highest BCUT2D eigenvalue weighted by Gasteiger charge is 2.36. The van der Waals surface area contributed by atoms with E-state index in [1.165, 1.54) is 0 Å². The lowest BCUT2D eigenvalue weighted by Crippen LogP contribution is -2.47. The third-order valence-electron chi connectivity index (χ3n) is 4.97. The largest absolute Gasteiger partial charge is 0.458 e. The molecule has 8 heteroatoms. The molecule has 1 fully saturated rings. The number of alkyl carbamates (subject to hydrolysis) is 1. The van der Waals surface area contributed by atoms with Gasteiger partial charge in [-0.1, -0.05) is 30.3 Å². The molecule has 0 unspecified atom stereocenters. The number of hydrogen-bond acceptors (Lipinski definition) is 7. The Morgan fingerprint density at radius 2 is 1.88 bits per heavy atom. The number of amides is 1. The maximum atomic E-state index is 12.8. The molecule has 1 amide bonds. The van der Waals surface area contributed by atoms with Crippen molar-refractivity contribution < 1.29 is 33.3 Å². The minimum atomic E-state index is -0.961. The van der Waals surface area contributed by atoms with Gasteiger partial charge in [0.1, 0.15) is 11.7 Å². The van der Waals surface area contributed by atoms with Crippen molar-refractivity contribution in [2.24, 2.45) is 5.92 Å². The van der Waals surface area contributed by atoms with E-state index in [-0.39, 0.29) is 18.6 Å². The maximum Gasteiger partial charge on any atom is 0.408 e. The average Bonchev–Trinajstić information content (AvgIpc) is 2.75. The molecule has 1 aromatic rings. The molecule has 1 aromatic carbocycles. The summed E-state index contributed by atoms with van der Waals surface area (Å²) in [6.07, 6.45) is -0.139. The number of esters is 1. The highest BCUT2D eigenvalue weighted by Crippen LogP contribution is 2.23. The quantitative estimate of drug-likeness (QED) is 0.479. The molecular formula is C24H37NO7. The van der Waals surface area contributed by atoms with E-state index in [4.69, 9.17) is 23.7 Å². The van der Waals surface area contributed by atoms with Crippen molar-refractivity contribution in [3.05, 3.63) is 35.9 Å². The fourth-order valence-electron chi connectivity index (χ4n) is 3.55. The lowest BCUT2D eigenvalue weighted by molar-refractivity contribution is -0.160. The molecular weight excluding hydrogens is 414 g/mol. The van der Waals surface area contributed by atoms with Crippen LogP contribution in [0, 0.1) is 5.92 Å².